The first-order valence-electron chi connectivity index (χ1n) is 8.40. The maximum Gasteiger partial charge on any atom is 0.0947 e. The van der Waals surface area contributed by atoms with Crippen LogP contribution in [0.5, 0.6) is 0 Å². The number of benzene rings is 1. The van der Waals surface area contributed by atoms with E-state index in [-0.39, 0.29) is 5.92 Å². The zero-order valence-corrected chi connectivity index (χ0v) is 15.0. The zero-order chi connectivity index (χ0) is 18.4. The predicted molar refractivity (Wildman–Crippen MR) is 108 cm³/mol. The Bertz CT molecular complexity index is 854. The molecule has 0 bridgehead atoms. The van der Waals surface area contributed by atoms with E-state index in [0.717, 1.165) is 17.0 Å². The molecule has 2 aromatic rings. The van der Waals surface area contributed by atoms with Crippen molar-refractivity contribution in [2.45, 2.75) is 18.8 Å². The van der Waals surface area contributed by atoms with E-state index in [1.165, 1.54) is 0 Å². The molecule has 0 radical (unpaired) electrons. The van der Waals surface area contributed by atoms with E-state index in [1.54, 1.807) is 18.5 Å². The summed E-state index contributed by atoms with van der Waals surface area (Å²) in [6, 6.07) is 13.6. The number of allylic oxidation sites excluding steroid dienone is 1. The van der Waals surface area contributed by atoms with Crippen LogP contribution in [-0.4, -0.2) is 29.3 Å². The number of hydrogen-bond acceptors (Lipinski definition) is 4. The monoisotopic (exact) mass is 365 g/mol. The summed E-state index contributed by atoms with van der Waals surface area (Å²) in [4.78, 5) is 13.1. The summed E-state index contributed by atoms with van der Waals surface area (Å²) in [5.41, 5.74) is 9.53. The molecule has 5 nitrogen and oxygen atoms in total. The third kappa shape index (κ3) is 4.86. The molecule has 0 saturated carbocycles. The molecule has 0 amide bonds. The van der Waals surface area contributed by atoms with Crippen LogP contribution in [-0.2, 0) is 0 Å². The summed E-state index contributed by atoms with van der Waals surface area (Å²) in [6.45, 7) is 0.553. The van der Waals surface area contributed by atoms with Crippen molar-refractivity contribution in [3.63, 3.8) is 0 Å². The van der Waals surface area contributed by atoms with E-state index >= 15 is 0 Å². The lowest BCUT2D eigenvalue weighted by Crippen LogP contribution is -2.18. The average Bonchev–Trinajstić information content (AvgIpc) is 3.06. The first-order chi connectivity index (χ1) is 12.6. The normalized spacial score (nSPS) is 15.2. The van der Waals surface area contributed by atoms with Crippen molar-refractivity contribution in [1.29, 1.82) is 5.41 Å². The highest BCUT2D eigenvalue weighted by molar-refractivity contribution is 6.36. The lowest BCUT2D eigenvalue weighted by Gasteiger charge is -2.17. The van der Waals surface area contributed by atoms with E-state index in [0.29, 0.717) is 36.0 Å². The third-order valence-corrected chi connectivity index (χ3v) is 4.36. The summed E-state index contributed by atoms with van der Waals surface area (Å²) < 4.78 is 0. The van der Waals surface area contributed by atoms with Crippen molar-refractivity contribution in [3.05, 3.63) is 76.7 Å². The van der Waals surface area contributed by atoms with Crippen molar-refractivity contribution in [2.75, 3.05) is 6.54 Å². The molecule has 0 aliphatic carbocycles. The molecule has 1 unspecified atom stereocenters. The Morgan fingerprint density at radius 3 is 2.65 bits per heavy atom. The summed E-state index contributed by atoms with van der Waals surface area (Å²) >= 11 is 6.01. The van der Waals surface area contributed by atoms with E-state index in [4.69, 9.17) is 22.7 Å². The van der Waals surface area contributed by atoms with Crippen LogP contribution in [0.15, 0.2) is 70.4 Å². The highest BCUT2D eigenvalue weighted by Gasteiger charge is 2.17. The molecule has 1 atom stereocenters. The topological polar surface area (TPSA) is 87.5 Å². The van der Waals surface area contributed by atoms with E-state index in [1.807, 2.05) is 42.5 Å². The molecule has 1 aliphatic heterocycles. The van der Waals surface area contributed by atoms with E-state index in [9.17, 15) is 0 Å². The van der Waals surface area contributed by atoms with E-state index in [2.05, 4.69) is 15.0 Å². The molecule has 1 aliphatic rings. The lowest BCUT2D eigenvalue weighted by molar-refractivity contribution is 0.804. The summed E-state index contributed by atoms with van der Waals surface area (Å²) in [6.07, 6.45) is 6.33. The molecule has 6 heteroatoms. The second-order valence-corrected chi connectivity index (χ2v) is 6.47. The van der Waals surface area contributed by atoms with Gasteiger partial charge in [-0.15, -0.1) is 0 Å². The third-order valence-electron chi connectivity index (χ3n) is 4.10. The second kappa shape index (κ2) is 8.54. The number of pyridine rings is 1. The van der Waals surface area contributed by atoms with Gasteiger partial charge in [-0.2, -0.15) is 0 Å². The molecule has 1 aromatic carbocycles. The minimum absolute atomic E-state index is 0.0223. The predicted octanol–water partition coefficient (Wildman–Crippen LogP) is 3.99. The van der Waals surface area contributed by atoms with Crippen molar-refractivity contribution in [3.8, 4) is 0 Å². The number of nitrogens with zero attached hydrogens (tertiary/aromatic N) is 3. The minimum Gasteiger partial charge on any atom is -0.387 e. The first kappa shape index (κ1) is 18.0. The Balaban J connectivity index is 1.71. The molecule has 0 saturated heterocycles. The Kier molecular flexibility index (Phi) is 5.92. The van der Waals surface area contributed by atoms with Crippen LogP contribution >= 0.6 is 11.6 Å². The quantitative estimate of drug-likeness (QED) is 0.574. The van der Waals surface area contributed by atoms with Gasteiger partial charge in [0, 0.05) is 47.9 Å². The molecule has 1 aromatic heterocycles. The Hall–Kier alpha value is -2.79. The highest BCUT2D eigenvalue weighted by atomic mass is 35.5. The highest BCUT2D eigenvalue weighted by Crippen LogP contribution is 2.27. The summed E-state index contributed by atoms with van der Waals surface area (Å²) in [5.74, 6) is 0.599. The second-order valence-electron chi connectivity index (χ2n) is 6.04. The average molecular weight is 366 g/mol. The molecule has 26 heavy (non-hydrogen) atoms. The smallest absolute Gasteiger partial charge is 0.0947 e. The van der Waals surface area contributed by atoms with Crippen molar-refractivity contribution in [1.82, 2.24) is 4.98 Å². The van der Waals surface area contributed by atoms with Gasteiger partial charge in [0.25, 0.3) is 0 Å². The van der Waals surface area contributed by atoms with Crippen molar-refractivity contribution >= 4 is 29.4 Å². The fourth-order valence-electron chi connectivity index (χ4n) is 2.80. The van der Waals surface area contributed by atoms with Crippen LogP contribution in [0.2, 0.25) is 5.02 Å². The summed E-state index contributed by atoms with van der Waals surface area (Å²) in [7, 11) is 0. The maximum absolute atomic E-state index is 7.49. The molecule has 0 spiro atoms. The molecule has 3 rings (SSSR count). The molecule has 3 N–H and O–H groups in total. The van der Waals surface area contributed by atoms with Crippen LogP contribution in [0, 0.1) is 5.41 Å². The molecule has 132 valence electrons. The number of amidine groups is 1. The van der Waals surface area contributed by atoms with Crippen molar-refractivity contribution in [2.24, 2.45) is 15.7 Å². The van der Waals surface area contributed by atoms with Gasteiger partial charge < -0.3 is 5.73 Å². The number of nitrogens with two attached hydrogens (primary N) is 1. The number of nitrogens with one attached hydrogen (secondary N) is 1. The fourth-order valence-corrected chi connectivity index (χ4v) is 2.93. The first-order valence-corrected chi connectivity index (χ1v) is 8.78. The minimum atomic E-state index is 0.0223. The van der Waals surface area contributed by atoms with Gasteiger partial charge in [0.1, 0.15) is 0 Å². The number of aliphatic imine (C=N–C) groups is 2. The van der Waals surface area contributed by atoms with Gasteiger partial charge in [-0.1, -0.05) is 29.8 Å². The van der Waals surface area contributed by atoms with Gasteiger partial charge >= 0.3 is 0 Å². The molecule has 2 heterocycles. The Morgan fingerprint density at radius 2 is 2.00 bits per heavy atom. The van der Waals surface area contributed by atoms with Crippen molar-refractivity contribution < 1.29 is 0 Å². The molecular formula is C20H20ClN5. The zero-order valence-electron chi connectivity index (χ0n) is 14.3. The largest absolute Gasteiger partial charge is 0.387 e. The lowest BCUT2D eigenvalue weighted by atomic mass is 9.91. The number of rotatable bonds is 7. The Labute approximate surface area is 157 Å². The SMILES string of the molecule is N=C1C=NC(CCN=C(N)CC(c2ccc(Cl)cc2)c2ccccn2)=C1. The van der Waals surface area contributed by atoms with Crippen LogP contribution in [0.4, 0.5) is 0 Å². The standard InChI is InChI=1S/C20H20ClN5/c21-15-6-4-14(5-7-15)18(19-3-1-2-9-24-19)12-20(23)25-10-8-17-11-16(22)13-26-17/h1-7,9,11,13,18,22H,8,10,12H2,(H2,23,25). The number of hydrogen-bond donors (Lipinski definition) is 2. The van der Waals surface area contributed by atoms with Gasteiger partial charge in [0.05, 0.1) is 17.8 Å². The fraction of sp³-hybridized carbons (Fsp3) is 0.200. The number of aromatic nitrogens is 1. The van der Waals surface area contributed by atoms with Crippen LogP contribution in [0.3, 0.4) is 0 Å². The van der Waals surface area contributed by atoms with Gasteiger partial charge in [-0.3, -0.25) is 20.4 Å². The van der Waals surface area contributed by atoms with Gasteiger partial charge in [0.15, 0.2) is 0 Å². The summed E-state index contributed by atoms with van der Waals surface area (Å²) in [5, 5.41) is 8.19. The van der Waals surface area contributed by atoms with E-state index < -0.39 is 0 Å². The van der Waals surface area contributed by atoms with Crippen LogP contribution < -0.4 is 5.73 Å². The van der Waals surface area contributed by atoms with Crippen LogP contribution in [0.25, 0.3) is 0 Å². The maximum atomic E-state index is 7.49. The molecular weight excluding hydrogens is 346 g/mol. The van der Waals surface area contributed by atoms with Gasteiger partial charge in [0.2, 0.25) is 0 Å². The number of halogens is 1. The van der Waals surface area contributed by atoms with Gasteiger partial charge in [-0.05, 0) is 35.9 Å². The van der Waals surface area contributed by atoms with Crippen LogP contribution in [0.1, 0.15) is 30.0 Å². The molecule has 0 fully saturated rings. The van der Waals surface area contributed by atoms with Gasteiger partial charge in [-0.25, -0.2) is 0 Å². The Morgan fingerprint density at radius 1 is 1.19 bits per heavy atom.